The van der Waals surface area contributed by atoms with Crippen LogP contribution in [0.25, 0.3) is 0 Å². The van der Waals surface area contributed by atoms with Crippen molar-refractivity contribution in [3.8, 4) is 5.75 Å². The van der Waals surface area contributed by atoms with Crippen LogP contribution in [0.15, 0.2) is 18.2 Å². The SMILES string of the molecule is COc1cc(F)ccc1C(C=O)NC(=O)OC(C)(C)C. The van der Waals surface area contributed by atoms with Crippen LogP contribution in [0.5, 0.6) is 5.75 Å². The van der Waals surface area contributed by atoms with Crippen molar-refractivity contribution in [3.63, 3.8) is 0 Å². The van der Waals surface area contributed by atoms with Gasteiger partial charge >= 0.3 is 6.09 Å². The third-order valence-electron chi connectivity index (χ3n) is 2.34. The number of nitrogens with one attached hydrogen (secondary N) is 1. The zero-order chi connectivity index (χ0) is 15.3. The van der Waals surface area contributed by atoms with Crippen molar-refractivity contribution in [2.75, 3.05) is 7.11 Å². The number of rotatable bonds is 4. The lowest BCUT2D eigenvalue weighted by molar-refractivity contribution is -0.109. The maximum atomic E-state index is 13.1. The van der Waals surface area contributed by atoms with Crippen LogP contribution >= 0.6 is 0 Å². The maximum Gasteiger partial charge on any atom is 0.408 e. The molecule has 0 bridgehead atoms. The highest BCUT2D eigenvalue weighted by Gasteiger charge is 2.22. The molecular weight excluding hydrogens is 265 g/mol. The molecule has 1 N–H and O–H groups in total. The summed E-state index contributed by atoms with van der Waals surface area (Å²) in [5.41, 5.74) is -0.320. The summed E-state index contributed by atoms with van der Waals surface area (Å²) in [6, 6.07) is 2.73. The topological polar surface area (TPSA) is 64.6 Å². The first-order valence-corrected chi connectivity index (χ1v) is 6.05. The van der Waals surface area contributed by atoms with E-state index in [4.69, 9.17) is 9.47 Å². The number of alkyl carbamates (subject to hydrolysis) is 1. The lowest BCUT2D eigenvalue weighted by Gasteiger charge is -2.22. The van der Waals surface area contributed by atoms with Gasteiger partial charge in [-0.05, 0) is 32.9 Å². The molecule has 5 nitrogen and oxygen atoms in total. The summed E-state index contributed by atoms with van der Waals surface area (Å²) < 4.78 is 23.2. The van der Waals surface area contributed by atoms with Crippen LogP contribution in [0, 0.1) is 5.82 Å². The lowest BCUT2D eigenvalue weighted by atomic mass is 10.1. The van der Waals surface area contributed by atoms with Crippen molar-refractivity contribution in [2.24, 2.45) is 0 Å². The molecule has 0 aromatic heterocycles. The Kier molecular flexibility index (Phi) is 5.07. The van der Waals surface area contributed by atoms with Crippen LogP contribution in [-0.4, -0.2) is 25.1 Å². The number of ether oxygens (including phenoxy) is 2. The number of aldehydes is 1. The number of hydrogen-bond acceptors (Lipinski definition) is 4. The van der Waals surface area contributed by atoms with E-state index >= 15 is 0 Å². The second kappa shape index (κ2) is 6.36. The molecular formula is C14H18FNO4. The molecule has 1 atom stereocenters. The van der Waals surface area contributed by atoms with E-state index in [0.717, 1.165) is 6.07 Å². The first kappa shape index (κ1) is 15.9. The van der Waals surface area contributed by atoms with Gasteiger partial charge in [-0.1, -0.05) is 0 Å². The van der Waals surface area contributed by atoms with Gasteiger partial charge < -0.3 is 19.6 Å². The summed E-state index contributed by atoms with van der Waals surface area (Å²) in [6.07, 6.45) is -0.208. The predicted molar refractivity (Wildman–Crippen MR) is 71.1 cm³/mol. The van der Waals surface area contributed by atoms with E-state index in [-0.39, 0.29) is 5.75 Å². The molecule has 1 rings (SSSR count). The first-order chi connectivity index (χ1) is 9.26. The van der Waals surface area contributed by atoms with Crippen molar-refractivity contribution in [3.05, 3.63) is 29.6 Å². The Balaban J connectivity index is 2.91. The van der Waals surface area contributed by atoms with Gasteiger partial charge in [-0.2, -0.15) is 0 Å². The Hall–Kier alpha value is -2.11. The standard InChI is InChI=1S/C14H18FNO4/c1-14(2,3)20-13(18)16-11(8-17)10-6-5-9(15)7-12(10)19-4/h5-8,11H,1-4H3,(H,16,18). The molecule has 0 saturated carbocycles. The van der Waals surface area contributed by atoms with E-state index in [1.807, 2.05) is 0 Å². The van der Waals surface area contributed by atoms with Crippen LogP contribution in [0.1, 0.15) is 32.4 Å². The number of hydrogen-bond donors (Lipinski definition) is 1. The third-order valence-corrected chi connectivity index (χ3v) is 2.34. The molecule has 1 aromatic carbocycles. The highest BCUT2D eigenvalue weighted by molar-refractivity contribution is 5.75. The lowest BCUT2D eigenvalue weighted by Crippen LogP contribution is -2.35. The van der Waals surface area contributed by atoms with E-state index in [1.54, 1.807) is 20.8 Å². The van der Waals surface area contributed by atoms with Gasteiger partial charge in [-0.15, -0.1) is 0 Å². The molecule has 20 heavy (non-hydrogen) atoms. The van der Waals surface area contributed by atoms with Crippen molar-refractivity contribution >= 4 is 12.4 Å². The Morgan fingerprint density at radius 2 is 2.05 bits per heavy atom. The molecule has 0 saturated heterocycles. The van der Waals surface area contributed by atoms with Crippen LogP contribution in [-0.2, 0) is 9.53 Å². The monoisotopic (exact) mass is 283 g/mol. The maximum absolute atomic E-state index is 13.1. The van der Waals surface area contributed by atoms with Crippen molar-refractivity contribution in [1.29, 1.82) is 0 Å². The van der Waals surface area contributed by atoms with E-state index in [2.05, 4.69) is 5.32 Å². The van der Waals surface area contributed by atoms with Crippen LogP contribution in [0.2, 0.25) is 0 Å². The molecule has 6 heteroatoms. The van der Waals surface area contributed by atoms with Crippen LogP contribution < -0.4 is 10.1 Å². The number of carbonyl (C=O) groups is 2. The fourth-order valence-corrected chi connectivity index (χ4v) is 1.56. The molecule has 0 aliphatic heterocycles. The summed E-state index contributed by atoms with van der Waals surface area (Å²) >= 11 is 0. The van der Waals surface area contributed by atoms with Gasteiger partial charge in [0.25, 0.3) is 0 Å². The summed E-state index contributed by atoms with van der Waals surface area (Å²) in [7, 11) is 1.35. The van der Waals surface area contributed by atoms with E-state index in [9.17, 15) is 14.0 Å². The fourth-order valence-electron chi connectivity index (χ4n) is 1.56. The molecule has 1 amide bonds. The van der Waals surface area contributed by atoms with Gasteiger partial charge in [0, 0.05) is 11.6 Å². The minimum atomic E-state index is -0.972. The molecule has 1 unspecified atom stereocenters. The average Bonchev–Trinajstić information content (AvgIpc) is 2.34. The number of benzene rings is 1. The van der Waals surface area contributed by atoms with Crippen LogP contribution in [0.3, 0.4) is 0 Å². The number of carbonyl (C=O) groups excluding carboxylic acids is 2. The molecule has 0 aliphatic carbocycles. The fraction of sp³-hybridized carbons (Fsp3) is 0.429. The van der Waals surface area contributed by atoms with Gasteiger partial charge in [-0.25, -0.2) is 9.18 Å². The normalized spacial score (nSPS) is 12.4. The van der Waals surface area contributed by atoms with Gasteiger partial charge in [0.15, 0.2) is 0 Å². The van der Waals surface area contributed by atoms with E-state index < -0.39 is 23.6 Å². The van der Waals surface area contributed by atoms with Crippen molar-refractivity contribution < 1.29 is 23.5 Å². The summed E-state index contributed by atoms with van der Waals surface area (Å²) in [6.45, 7) is 5.13. The zero-order valence-corrected chi connectivity index (χ0v) is 11.9. The summed E-state index contributed by atoms with van der Waals surface area (Å²) in [5.74, 6) is -0.314. The molecule has 0 spiro atoms. The average molecular weight is 283 g/mol. The highest BCUT2D eigenvalue weighted by Crippen LogP contribution is 2.25. The largest absolute Gasteiger partial charge is 0.496 e. The van der Waals surface area contributed by atoms with Gasteiger partial charge in [0.1, 0.15) is 29.5 Å². The molecule has 0 aliphatic rings. The minimum absolute atomic E-state index is 0.179. The second-order valence-electron chi connectivity index (χ2n) is 5.15. The summed E-state index contributed by atoms with van der Waals surface area (Å²) in [4.78, 5) is 22.8. The second-order valence-corrected chi connectivity index (χ2v) is 5.15. The van der Waals surface area contributed by atoms with Gasteiger partial charge in [-0.3, -0.25) is 0 Å². The number of methoxy groups -OCH3 is 1. The summed E-state index contributed by atoms with van der Waals surface area (Å²) in [5, 5.41) is 2.40. The third kappa shape index (κ3) is 4.53. The van der Waals surface area contributed by atoms with E-state index in [0.29, 0.717) is 11.8 Å². The smallest absolute Gasteiger partial charge is 0.408 e. The van der Waals surface area contributed by atoms with Crippen molar-refractivity contribution in [1.82, 2.24) is 5.32 Å². The Bertz CT molecular complexity index is 496. The Morgan fingerprint density at radius 1 is 1.40 bits per heavy atom. The number of amides is 1. The van der Waals surface area contributed by atoms with Crippen molar-refractivity contribution in [2.45, 2.75) is 32.4 Å². The van der Waals surface area contributed by atoms with E-state index in [1.165, 1.54) is 19.2 Å². The first-order valence-electron chi connectivity index (χ1n) is 6.05. The molecule has 0 heterocycles. The Morgan fingerprint density at radius 3 is 2.55 bits per heavy atom. The molecule has 0 fully saturated rings. The molecule has 0 radical (unpaired) electrons. The quantitative estimate of drug-likeness (QED) is 0.863. The Labute approximate surface area is 117 Å². The van der Waals surface area contributed by atoms with Crippen LogP contribution in [0.4, 0.5) is 9.18 Å². The van der Waals surface area contributed by atoms with Gasteiger partial charge in [0.05, 0.1) is 7.11 Å². The molecule has 110 valence electrons. The highest BCUT2D eigenvalue weighted by atomic mass is 19.1. The predicted octanol–water partition coefficient (Wildman–Crippen LogP) is 2.60. The minimum Gasteiger partial charge on any atom is -0.496 e. The number of halogens is 1. The van der Waals surface area contributed by atoms with Gasteiger partial charge in [0.2, 0.25) is 0 Å². The molecule has 1 aromatic rings. The zero-order valence-electron chi connectivity index (χ0n) is 11.9.